The van der Waals surface area contributed by atoms with E-state index in [1.165, 1.54) is 58.0 Å². The fourth-order valence-electron chi connectivity index (χ4n) is 3.46. The Bertz CT molecular complexity index is 332. The Morgan fingerprint density at radius 1 is 1.09 bits per heavy atom. The van der Waals surface area contributed by atoms with Crippen molar-refractivity contribution in [2.75, 3.05) is 26.2 Å². The lowest BCUT2D eigenvalue weighted by molar-refractivity contribution is 0.102. The highest BCUT2D eigenvalue weighted by Crippen LogP contribution is 2.21. The van der Waals surface area contributed by atoms with Gasteiger partial charge in [0.05, 0.1) is 6.54 Å². The molecule has 0 radical (unpaired) electrons. The molecule has 0 aromatic rings. The molecule has 1 saturated carbocycles. The molecule has 0 spiro atoms. The van der Waals surface area contributed by atoms with E-state index in [9.17, 15) is 0 Å². The number of rotatable bonds is 5. The molecule has 2 rings (SSSR count). The molecular formula is C17H35IN4. The van der Waals surface area contributed by atoms with Crippen molar-refractivity contribution >= 4 is 29.9 Å². The summed E-state index contributed by atoms with van der Waals surface area (Å²) in [6.07, 6.45) is 9.37. The zero-order valence-electron chi connectivity index (χ0n) is 14.7. The lowest BCUT2D eigenvalue weighted by Gasteiger charge is -2.40. The number of nitrogens with one attached hydrogen (secondary N) is 2. The molecule has 1 saturated heterocycles. The Labute approximate surface area is 153 Å². The first kappa shape index (κ1) is 20.0. The van der Waals surface area contributed by atoms with Crippen molar-refractivity contribution in [1.29, 1.82) is 0 Å². The van der Waals surface area contributed by atoms with Gasteiger partial charge >= 0.3 is 0 Å². The molecule has 0 bridgehead atoms. The van der Waals surface area contributed by atoms with Gasteiger partial charge in [-0.3, -0.25) is 9.89 Å². The van der Waals surface area contributed by atoms with Crippen molar-refractivity contribution in [3.05, 3.63) is 0 Å². The van der Waals surface area contributed by atoms with E-state index in [2.05, 4.69) is 36.3 Å². The molecule has 0 unspecified atom stereocenters. The Morgan fingerprint density at radius 3 is 2.32 bits per heavy atom. The quantitative estimate of drug-likeness (QED) is 0.406. The maximum absolute atomic E-state index is 4.88. The molecule has 2 N–H and O–H groups in total. The van der Waals surface area contributed by atoms with Gasteiger partial charge in [-0.15, -0.1) is 24.0 Å². The second-order valence-corrected chi connectivity index (χ2v) is 7.18. The summed E-state index contributed by atoms with van der Waals surface area (Å²) in [5.41, 5.74) is 0.165. The number of guanidine groups is 1. The molecule has 22 heavy (non-hydrogen) atoms. The standard InChI is InChI=1S/C17H34N4.HI/c1-4-18-16(20-15-10-6-7-11-15)19-14-17(2,3)21-12-8-5-9-13-21;/h15H,4-14H2,1-3H3,(H2,18,19,20);1H. The van der Waals surface area contributed by atoms with E-state index in [0.29, 0.717) is 6.04 Å². The Kier molecular flexibility index (Phi) is 9.05. The van der Waals surface area contributed by atoms with Crippen molar-refractivity contribution in [2.24, 2.45) is 4.99 Å². The van der Waals surface area contributed by atoms with E-state index in [1.807, 2.05) is 0 Å². The van der Waals surface area contributed by atoms with Crippen LogP contribution in [0.3, 0.4) is 0 Å². The van der Waals surface area contributed by atoms with Gasteiger partial charge in [-0.05, 0) is 59.5 Å². The van der Waals surface area contributed by atoms with Gasteiger partial charge in [0.1, 0.15) is 0 Å². The van der Waals surface area contributed by atoms with E-state index in [4.69, 9.17) is 4.99 Å². The maximum atomic E-state index is 4.88. The number of nitrogens with zero attached hydrogens (tertiary/aromatic N) is 2. The topological polar surface area (TPSA) is 39.7 Å². The highest BCUT2D eigenvalue weighted by Gasteiger charge is 2.27. The van der Waals surface area contributed by atoms with Crippen molar-refractivity contribution in [1.82, 2.24) is 15.5 Å². The summed E-state index contributed by atoms with van der Waals surface area (Å²) < 4.78 is 0. The van der Waals surface area contributed by atoms with Gasteiger partial charge in [-0.2, -0.15) is 0 Å². The predicted molar refractivity (Wildman–Crippen MR) is 106 cm³/mol. The van der Waals surface area contributed by atoms with Crippen molar-refractivity contribution in [2.45, 2.75) is 77.3 Å². The number of halogens is 1. The number of likely N-dealkylation sites (tertiary alicyclic amines) is 1. The van der Waals surface area contributed by atoms with Gasteiger partial charge in [0.25, 0.3) is 0 Å². The first-order valence-corrected chi connectivity index (χ1v) is 8.92. The van der Waals surface area contributed by atoms with Crippen LogP contribution in [0.1, 0.15) is 65.7 Å². The van der Waals surface area contributed by atoms with E-state index in [-0.39, 0.29) is 29.5 Å². The third kappa shape index (κ3) is 6.22. The van der Waals surface area contributed by atoms with Gasteiger partial charge in [-0.25, -0.2) is 0 Å². The van der Waals surface area contributed by atoms with E-state index in [0.717, 1.165) is 19.0 Å². The minimum absolute atomic E-state index is 0. The smallest absolute Gasteiger partial charge is 0.191 e. The molecule has 5 heteroatoms. The molecule has 1 heterocycles. The summed E-state index contributed by atoms with van der Waals surface area (Å²) in [6.45, 7) is 11.1. The molecule has 1 aliphatic heterocycles. The Morgan fingerprint density at radius 2 is 1.73 bits per heavy atom. The monoisotopic (exact) mass is 422 g/mol. The van der Waals surface area contributed by atoms with Crippen LogP contribution in [0, 0.1) is 0 Å². The number of hydrogen-bond donors (Lipinski definition) is 2. The van der Waals surface area contributed by atoms with Crippen LogP contribution in [-0.2, 0) is 0 Å². The second kappa shape index (κ2) is 9.96. The predicted octanol–water partition coefficient (Wildman–Crippen LogP) is 3.37. The first-order chi connectivity index (χ1) is 10.1. The fourth-order valence-corrected chi connectivity index (χ4v) is 3.46. The molecule has 130 valence electrons. The number of aliphatic imine (C=N–C) groups is 1. The minimum atomic E-state index is 0. The van der Waals surface area contributed by atoms with Gasteiger partial charge in [0.15, 0.2) is 5.96 Å². The summed E-state index contributed by atoms with van der Waals surface area (Å²) >= 11 is 0. The van der Waals surface area contributed by atoms with Crippen LogP contribution in [0.2, 0.25) is 0 Å². The van der Waals surface area contributed by atoms with Crippen LogP contribution >= 0.6 is 24.0 Å². The SMILES string of the molecule is CCNC(=NCC(C)(C)N1CCCCC1)NC1CCCC1.I. The molecule has 2 aliphatic rings. The maximum Gasteiger partial charge on any atom is 0.191 e. The fraction of sp³-hybridized carbons (Fsp3) is 0.941. The summed E-state index contributed by atoms with van der Waals surface area (Å²) in [4.78, 5) is 7.49. The van der Waals surface area contributed by atoms with Crippen LogP contribution in [0.15, 0.2) is 4.99 Å². The molecular weight excluding hydrogens is 387 g/mol. The molecule has 4 nitrogen and oxygen atoms in total. The third-order valence-corrected chi connectivity index (χ3v) is 4.88. The molecule has 0 aromatic carbocycles. The summed E-state index contributed by atoms with van der Waals surface area (Å²) in [5.74, 6) is 1.01. The summed E-state index contributed by atoms with van der Waals surface area (Å²) in [7, 11) is 0. The van der Waals surface area contributed by atoms with Crippen LogP contribution < -0.4 is 10.6 Å². The van der Waals surface area contributed by atoms with Gasteiger partial charge in [-0.1, -0.05) is 19.3 Å². The van der Waals surface area contributed by atoms with Crippen molar-refractivity contribution in [3.8, 4) is 0 Å². The largest absolute Gasteiger partial charge is 0.357 e. The highest BCUT2D eigenvalue weighted by molar-refractivity contribution is 14.0. The average Bonchev–Trinajstić information content (AvgIpc) is 2.99. The van der Waals surface area contributed by atoms with Crippen LogP contribution in [0.25, 0.3) is 0 Å². The van der Waals surface area contributed by atoms with Crippen molar-refractivity contribution < 1.29 is 0 Å². The zero-order valence-corrected chi connectivity index (χ0v) is 17.0. The first-order valence-electron chi connectivity index (χ1n) is 8.92. The van der Waals surface area contributed by atoms with Crippen LogP contribution in [0.4, 0.5) is 0 Å². The normalized spacial score (nSPS) is 21.5. The van der Waals surface area contributed by atoms with Gasteiger partial charge in [0, 0.05) is 18.1 Å². The van der Waals surface area contributed by atoms with Crippen molar-refractivity contribution in [3.63, 3.8) is 0 Å². The molecule has 2 fully saturated rings. The molecule has 0 amide bonds. The van der Waals surface area contributed by atoms with Gasteiger partial charge < -0.3 is 10.6 Å². The zero-order chi connectivity index (χ0) is 15.1. The lowest BCUT2D eigenvalue weighted by Crippen LogP contribution is -2.50. The third-order valence-electron chi connectivity index (χ3n) is 4.88. The Balaban J connectivity index is 0.00000242. The second-order valence-electron chi connectivity index (χ2n) is 7.18. The molecule has 1 aliphatic carbocycles. The van der Waals surface area contributed by atoms with E-state index in [1.54, 1.807) is 0 Å². The van der Waals surface area contributed by atoms with Crippen LogP contribution in [0.5, 0.6) is 0 Å². The van der Waals surface area contributed by atoms with E-state index >= 15 is 0 Å². The van der Waals surface area contributed by atoms with Gasteiger partial charge in [0.2, 0.25) is 0 Å². The van der Waals surface area contributed by atoms with E-state index < -0.39 is 0 Å². The lowest BCUT2D eigenvalue weighted by atomic mass is 9.99. The molecule has 0 atom stereocenters. The number of hydrogen-bond acceptors (Lipinski definition) is 2. The summed E-state index contributed by atoms with van der Waals surface area (Å²) in [5, 5.41) is 7.02. The minimum Gasteiger partial charge on any atom is -0.357 e. The number of piperidine rings is 1. The highest BCUT2D eigenvalue weighted by atomic mass is 127. The Hall–Kier alpha value is -0.0400. The average molecular weight is 422 g/mol. The summed E-state index contributed by atoms with van der Waals surface area (Å²) in [6, 6.07) is 0.626. The van der Waals surface area contributed by atoms with Crippen LogP contribution in [-0.4, -0.2) is 48.6 Å². The molecule has 0 aromatic heterocycles.